The smallest absolute Gasteiger partial charge is 0.207 e. The van der Waals surface area contributed by atoms with Gasteiger partial charge in [0, 0.05) is 0 Å². The monoisotopic (exact) mass is 267 g/mol. The predicted octanol–water partition coefficient (Wildman–Crippen LogP) is 2.38. The number of rotatable bonds is 4. The average molecular weight is 268 g/mol. The number of sulfonamides is 1. The standard InChI is InChI=1S/C9H11Cl2NO2S/c1-8-2-4-9(5-3-8)15(13,14)12(6-10)7-11/h2-5H,6-7H2,1H3. The van der Waals surface area contributed by atoms with Crippen molar-refractivity contribution in [3.8, 4) is 0 Å². The Labute approximate surface area is 99.7 Å². The van der Waals surface area contributed by atoms with E-state index in [4.69, 9.17) is 23.2 Å². The SMILES string of the molecule is Cc1ccc(S(=O)(=O)N(CCl)CCl)cc1. The highest BCUT2D eigenvalue weighted by atomic mass is 35.5. The first kappa shape index (κ1) is 12.8. The van der Waals surface area contributed by atoms with E-state index in [2.05, 4.69) is 0 Å². The fourth-order valence-corrected chi connectivity index (χ4v) is 3.08. The van der Waals surface area contributed by atoms with Gasteiger partial charge < -0.3 is 0 Å². The molecule has 0 amide bonds. The third-order valence-electron chi connectivity index (χ3n) is 1.93. The minimum Gasteiger partial charge on any atom is -0.207 e. The number of alkyl halides is 2. The summed E-state index contributed by atoms with van der Waals surface area (Å²) in [4.78, 5) is 0.203. The van der Waals surface area contributed by atoms with Gasteiger partial charge in [0.05, 0.1) is 16.9 Å². The van der Waals surface area contributed by atoms with Gasteiger partial charge >= 0.3 is 0 Å². The van der Waals surface area contributed by atoms with Crippen molar-refractivity contribution in [2.75, 3.05) is 12.0 Å². The Bertz CT molecular complexity index is 412. The highest BCUT2D eigenvalue weighted by Crippen LogP contribution is 2.17. The van der Waals surface area contributed by atoms with Gasteiger partial charge in [0.15, 0.2) is 0 Å². The van der Waals surface area contributed by atoms with Gasteiger partial charge in [-0.3, -0.25) is 0 Å². The molecule has 3 nitrogen and oxygen atoms in total. The summed E-state index contributed by atoms with van der Waals surface area (Å²) in [6.07, 6.45) is 0. The third-order valence-corrected chi connectivity index (χ3v) is 4.59. The van der Waals surface area contributed by atoms with E-state index in [9.17, 15) is 8.42 Å². The largest absolute Gasteiger partial charge is 0.245 e. The van der Waals surface area contributed by atoms with Crippen LogP contribution < -0.4 is 0 Å². The zero-order valence-corrected chi connectivity index (χ0v) is 10.5. The molecule has 6 heteroatoms. The maximum atomic E-state index is 11.9. The molecule has 0 spiro atoms. The van der Waals surface area contributed by atoms with Crippen LogP contribution in [0.4, 0.5) is 0 Å². The maximum Gasteiger partial charge on any atom is 0.245 e. The first-order chi connectivity index (χ1) is 7.02. The fraction of sp³-hybridized carbons (Fsp3) is 0.333. The molecule has 0 heterocycles. The number of halogens is 2. The van der Waals surface area contributed by atoms with Gasteiger partial charge in [-0.2, -0.15) is 4.31 Å². The third kappa shape index (κ3) is 2.84. The second kappa shape index (κ2) is 5.16. The predicted molar refractivity (Wildman–Crippen MR) is 61.6 cm³/mol. The number of benzene rings is 1. The molecule has 1 aromatic rings. The Morgan fingerprint density at radius 1 is 1.13 bits per heavy atom. The van der Waals surface area contributed by atoms with Crippen molar-refractivity contribution in [3.63, 3.8) is 0 Å². The summed E-state index contributed by atoms with van der Waals surface area (Å²) in [5.41, 5.74) is 0.997. The zero-order valence-electron chi connectivity index (χ0n) is 8.15. The van der Waals surface area contributed by atoms with E-state index >= 15 is 0 Å². The van der Waals surface area contributed by atoms with E-state index in [0.29, 0.717) is 0 Å². The molecule has 0 fully saturated rings. The van der Waals surface area contributed by atoms with Gasteiger partial charge in [0.25, 0.3) is 0 Å². The number of hydrogen-bond donors (Lipinski definition) is 0. The van der Waals surface area contributed by atoms with Crippen LogP contribution in [0.15, 0.2) is 29.2 Å². The Morgan fingerprint density at radius 3 is 2.00 bits per heavy atom. The normalized spacial score (nSPS) is 12.0. The van der Waals surface area contributed by atoms with Crippen molar-refractivity contribution in [2.45, 2.75) is 11.8 Å². The van der Waals surface area contributed by atoms with Crippen LogP contribution in [0.1, 0.15) is 5.56 Å². The molecule has 0 aromatic heterocycles. The second-order valence-electron chi connectivity index (χ2n) is 3.01. The molecule has 0 unspecified atom stereocenters. The molecule has 0 bridgehead atoms. The van der Waals surface area contributed by atoms with E-state index in [-0.39, 0.29) is 16.9 Å². The number of nitrogens with zero attached hydrogens (tertiary/aromatic N) is 1. The van der Waals surface area contributed by atoms with Gasteiger partial charge in [-0.1, -0.05) is 17.7 Å². The van der Waals surface area contributed by atoms with Crippen molar-refractivity contribution in [1.82, 2.24) is 4.31 Å². The molecule has 1 aromatic carbocycles. The van der Waals surface area contributed by atoms with Gasteiger partial charge in [-0.25, -0.2) is 8.42 Å². The zero-order chi connectivity index (χ0) is 11.5. The van der Waals surface area contributed by atoms with Gasteiger partial charge in [0.2, 0.25) is 10.0 Å². The summed E-state index contributed by atoms with van der Waals surface area (Å²) in [7, 11) is -3.55. The molecule has 0 N–H and O–H groups in total. The topological polar surface area (TPSA) is 37.4 Å². The summed E-state index contributed by atoms with van der Waals surface area (Å²) in [5.74, 6) is 0. The van der Waals surface area contributed by atoms with Crippen LogP contribution in [-0.2, 0) is 10.0 Å². The molecule has 0 saturated heterocycles. The van der Waals surface area contributed by atoms with E-state index in [1.807, 2.05) is 6.92 Å². The van der Waals surface area contributed by atoms with Crippen molar-refractivity contribution in [1.29, 1.82) is 0 Å². The van der Waals surface area contributed by atoms with Gasteiger partial charge in [0.1, 0.15) is 0 Å². The van der Waals surface area contributed by atoms with Crippen LogP contribution in [0.25, 0.3) is 0 Å². The Morgan fingerprint density at radius 2 is 1.60 bits per heavy atom. The number of aryl methyl sites for hydroxylation is 1. The lowest BCUT2D eigenvalue weighted by molar-refractivity contribution is 0.500. The fourth-order valence-electron chi connectivity index (χ4n) is 1.02. The lowest BCUT2D eigenvalue weighted by Crippen LogP contribution is -2.28. The summed E-state index contributed by atoms with van der Waals surface area (Å²) in [5, 5.41) is 0. The molecule has 0 aliphatic rings. The molecule has 1 rings (SSSR count). The Balaban J connectivity index is 3.11. The lowest BCUT2D eigenvalue weighted by Gasteiger charge is -2.16. The van der Waals surface area contributed by atoms with Crippen LogP contribution in [-0.4, -0.2) is 24.7 Å². The van der Waals surface area contributed by atoms with Gasteiger partial charge in [-0.05, 0) is 19.1 Å². The summed E-state index contributed by atoms with van der Waals surface area (Å²) in [6.45, 7) is 1.89. The summed E-state index contributed by atoms with van der Waals surface area (Å²) >= 11 is 11.0. The molecule has 84 valence electrons. The molecule has 0 radical (unpaired) electrons. The van der Waals surface area contributed by atoms with Crippen LogP contribution in [0.3, 0.4) is 0 Å². The van der Waals surface area contributed by atoms with Gasteiger partial charge in [-0.15, -0.1) is 23.2 Å². The first-order valence-corrected chi connectivity index (χ1v) is 6.72. The van der Waals surface area contributed by atoms with Crippen molar-refractivity contribution in [3.05, 3.63) is 29.8 Å². The quantitative estimate of drug-likeness (QED) is 0.621. The van der Waals surface area contributed by atoms with Crippen molar-refractivity contribution < 1.29 is 8.42 Å². The van der Waals surface area contributed by atoms with E-state index in [1.165, 1.54) is 12.1 Å². The van der Waals surface area contributed by atoms with Crippen LogP contribution >= 0.6 is 23.2 Å². The average Bonchev–Trinajstić information content (AvgIpc) is 2.19. The molecule has 0 aliphatic carbocycles. The lowest BCUT2D eigenvalue weighted by atomic mass is 10.2. The van der Waals surface area contributed by atoms with E-state index in [1.54, 1.807) is 12.1 Å². The Hall–Kier alpha value is -0.290. The minimum atomic E-state index is -3.55. The minimum absolute atomic E-state index is 0.153. The molecule has 0 aliphatic heterocycles. The van der Waals surface area contributed by atoms with E-state index in [0.717, 1.165) is 9.87 Å². The highest BCUT2D eigenvalue weighted by Gasteiger charge is 2.22. The molecule has 15 heavy (non-hydrogen) atoms. The molecular weight excluding hydrogens is 257 g/mol. The van der Waals surface area contributed by atoms with E-state index < -0.39 is 10.0 Å². The molecule has 0 atom stereocenters. The second-order valence-corrected chi connectivity index (χ2v) is 5.42. The van der Waals surface area contributed by atoms with Crippen molar-refractivity contribution >= 4 is 33.2 Å². The number of hydrogen-bond acceptors (Lipinski definition) is 2. The highest BCUT2D eigenvalue weighted by molar-refractivity contribution is 7.89. The maximum absolute atomic E-state index is 11.9. The first-order valence-electron chi connectivity index (χ1n) is 4.21. The van der Waals surface area contributed by atoms with Crippen LogP contribution in [0.5, 0.6) is 0 Å². The van der Waals surface area contributed by atoms with Crippen LogP contribution in [0.2, 0.25) is 0 Å². The summed E-state index contributed by atoms with van der Waals surface area (Å²) < 4.78 is 24.7. The Kier molecular flexibility index (Phi) is 4.40. The molecular formula is C9H11Cl2NO2S. The van der Waals surface area contributed by atoms with Crippen LogP contribution in [0, 0.1) is 6.92 Å². The summed E-state index contributed by atoms with van der Waals surface area (Å²) in [6, 6.07) is 6.23. The van der Waals surface area contributed by atoms with Crippen molar-refractivity contribution in [2.24, 2.45) is 0 Å². The molecule has 0 saturated carbocycles.